The van der Waals surface area contributed by atoms with Crippen molar-refractivity contribution in [2.45, 2.75) is 13.8 Å². The molecule has 0 amide bonds. The van der Waals surface area contributed by atoms with Gasteiger partial charge in [-0.15, -0.1) is 0 Å². The van der Waals surface area contributed by atoms with Crippen LogP contribution in [0.1, 0.15) is 11.1 Å². The average molecular weight is 617 g/mol. The topological polar surface area (TPSA) is 8.17 Å². The fourth-order valence-corrected chi connectivity index (χ4v) is 6.57. The number of hydrogen-bond donors (Lipinski definition) is 0. The smallest absolute Gasteiger partial charge is 0.0534 e. The second-order valence-corrected chi connectivity index (χ2v) is 12.5. The Morgan fingerprint density at radius 2 is 0.875 bits per heavy atom. The highest BCUT2D eigenvalue weighted by atomic mass is 15.1. The third-order valence-corrected chi connectivity index (χ3v) is 9.18. The van der Waals surface area contributed by atoms with Gasteiger partial charge in [0.2, 0.25) is 0 Å². The van der Waals surface area contributed by atoms with Gasteiger partial charge in [0.25, 0.3) is 0 Å². The van der Waals surface area contributed by atoms with Gasteiger partial charge in [0.05, 0.1) is 5.52 Å². The van der Waals surface area contributed by atoms with Crippen molar-refractivity contribution in [3.8, 4) is 39.1 Å². The average Bonchev–Trinajstić information content (AvgIpc) is 3.54. The lowest BCUT2D eigenvalue weighted by molar-refractivity contribution is 1.13. The van der Waals surface area contributed by atoms with E-state index in [2.05, 4.69) is 205 Å². The Hall–Kier alpha value is -6.12. The normalized spacial score (nSPS) is 11.1. The molecule has 0 aliphatic heterocycles. The Balaban J connectivity index is 1.08. The molecular weight excluding hydrogens is 581 g/mol. The Morgan fingerprint density at radius 1 is 0.396 bits per heavy atom. The summed E-state index contributed by atoms with van der Waals surface area (Å²) in [6.07, 6.45) is 2.26. The molecule has 0 saturated carbocycles. The number of anilines is 3. The van der Waals surface area contributed by atoms with E-state index in [-0.39, 0.29) is 0 Å². The lowest BCUT2D eigenvalue weighted by atomic mass is 9.98. The zero-order chi connectivity index (χ0) is 32.5. The van der Waals surface area contributed by atoms with Gasteiger partial charge in [0.1, 0.15) is 0 Å². The van der Waals surface area contributed by atoms with Crippen molar-refractivity contribution in [1.82, 2.24) is 4.57 Å². The summed E-state index contributed by atoms with van der Waals surface area (Å²) in [5.74, 6) is 0. The molecule has 1 heterocycles. The van der Waals surface area contributed by atoms with Crippen molar-refractivity contribution in [2.75, 3.05) is 4.90 Å². The number of aromatic nitrogens is 1. The van der Waals surface area contributed by atoms with Crippen molar-refractivity contribution < 1.29 is 0 Å². The maximum Gasteiger partial charge on any atom is 0.0534 e. The number of fused-ring (bicyclic) bond motifs is 1. The first-order chi connectivity index (χ1) is 23.6. The minimum atomic E-state index is 1.13. The van der Waals surface area contributed by atoms with Gasteiger partial charge >= 0.3 is 0 Å². The van der Waals surface area contributed by atoms with Crippen LogP contribution in [0.3, 0.4) is 0 Å². The van der Waals surface area contributed by atoms with Crippen LogP contribution in [0, 0.1) is 13.8 Å². The highest BCUT2D eigenvalue weighted by Gasteiger charge is 2.14. The lowest BCUT2D eigenvalue weighted by Crippen LogP contribution is -2.09. The van der Waals surface area contributed by atoms with Gasteiger partial charge in [-0.3, -0.25) is 0 Å². The molecule has 0 aliphatic carbocycles. The zero-order valence-electron chi connectivity index (χ0n) is 27.2. The predicted octanol–water partition coefficient (Wildman–Crippen LogP) is 12.7. The Bertz CT molecular complexity index is 2270. The van der Waals surface area contributed by atoms with Crippen LogP contribution in [-0.2, 0) is 0 Å². The number of nitrogens with zero attached hydrogens (tertiary/aromatic N) is 2. The summed E-state index contributed by atoms with van der Waals surface area (Å²) in [5.41, 5.74) is 15.5. The van der Waals surface area contributed by atoms with E-state index in [9.17, 15) is 0 Å². The number of aryl methyl sites for hydroxylation is 2. The van der Waals surface area contributed by atoms with Crippen molar-refractivity contribution in [2.24, 2.45) is 0 Å². The molecule has 2 heteroatoms. The van der Waals surface area contributed by atoms with E-state index < -0.39 is 0 Å². The Kier molecular flexibility index (Phi) is 7.68. The summed E-state index contributed by atoms with van der Waals surface area (Å²) >= 11 is 0. The molecule has 8 rings (SSSR count). The molecule has 0 N–H and O–H groups in total. The first kappa shape index (κ1) is 29.3. The molecule has 48 heavy (non-hydrogen) atoms. The summed E-state index contributed by atoms with van der Waals surface area (Å²) in [7, 11) is 0. The minimum absolute atomic E-state index is 1.13. The van der Waals surface area contributed by atoms with Gasteiger partial charge < -0.3 is 9.47 Å². The standard InChI is InChI=1S/C46H36N2/c1-33-15-23-41(24-16-33)48(42-25-17-34(2)18-26-42)43-29-21-36(22-30-43)39-12-8-11-38(31-39)35-19-27-40(28-20-35)47-32-45(37-9-4-3-5-10-37)44-13-6-7-14-46(44)47/h3-32H,1-2H3. The Morgan fingerprint density at radius 3 is 1.46 bits per heavy atom. The summed E-state index contributed by atoms with van der Waals surface area (Å²) in [4.78, 5) is 2.32. The summed E-state index contributed by atoms with van der Waals surface area (Å²) in [6.45, 7) is 4.26. The molecule has 2 nitrogen and oxygen atoms in total. The van der Waals surface area contributed by atoms with E-state index >= 15 is 0 Å². The van der Waals surface area contributed by atoms with Gasteiger partial charge in [-0.2, -0.15) is 0 Å². The van der Waals surface area contributed by atoms with E-state index in [4.69, 9.17) is 0 Å². The molecule has 230 valence electrons. The van der Waals surface area contributed by atoms with Gasteiger partial charge in [0.15, 0.2) is 0 Å². The Labute approximate surface area is 282 Å². The van der Waals surface area contributed by atoms with Crippen LogP contribution in [0.2, 0.25) is 0 Å². The monoisotopic (exact) mass is 616 g/mol. The van der Waals surface area contributed by atoms with Crippen LogP contribution < -0.4 is 4.90 Å². The van der Waals surface area contributed by atoms with Crippen LogP contribution in [0.25, 0.3) is 50.0 Å². The summed E-state index contributed by atoms with van der Waals surface area (Å²) in [5, 5.41) is 1.26. The van der Waals surface area contributed by atoms with E-state index in [1.807, 2.05) is 0 Å². The quantitative estimate of drug-likeness (QED) is 0.173. The molecule has 8 aromatic rings. The maximum absolute atomic E-state index is 2.32. The van der Waals surface area contributed by atoms with E-state index in [1.165, 1.54) is 55.4 Å². The predicted molar refractivity (Wildman–Crippen MR) is 204 cm³/mol. The second kappa shape index (κ2) is 12.6. The van der Waals surface area contributed by atoms with Crippen LogP contribution >= 0.6 is 0 Å². The van der Waals surface area contributed by atoms with Crippen molar-refractivity contribution in [3.05, 3.63) is 193 Å². The fourth-order valence-electron chi connectivity index (χ4n) is 6.57. The van der Waals surface area contributed by atoms with Crippen molar-refractivity contribution in [3.63, 3.8) is 0 Å². The molecule has 0 atom stereocenters. The van der Waals surface area contributed by atoms with E-state index in [0.29, 0.717) is 0 Å². The number of para-hydroxylation sites is 1. The van der Waals surface area contributed by atoms with E-state index in [0.717, 1.165) is 22.7 Å². The summed E-state index contributed by atoms with van der Waals surface area (Å²) in [6, 6.07) is 63.4. The molecule has 0 saturated heterocycles. The molecule has 0 unspecified atom stereocenters. The second-order valence-electron chi connectivity index (χ2n) is 12.5. The largest absolute Gasteiger partial charge is 0.316 e. The number of hydrogen-bond acceptors (Lipinski definition) is 1. The van der Waals surface area contributed by atoms with Crippen molar-refractivity contribution >= 4 is 28.0 Å². The number of rotatable bonds is 7. The van der Waals surface area contributed by atoms with Crippen LogP contribution in [-0.4, -0.2) is 4.57 Å². The van der Waals surface area contributed by atoms with E-state index in [1.54, 1.807) is 0 Å². The first-order valence-electron chi connectivity index (χ1n) is 16.5. The van der Waals surface area contributed by atoms with Crippen LogP contribution in [0.5, 0.6) is 0 Å². The van der Waals surface area contributed by atoms with Gasteiger partial charge in [-0.25, -0.2) is 0 Å². The molecule has 0 aliphatic rings. The molecule has 0 radical (unpaired) electrons. The molecule has 0 fully saturated rings. The molecule has 0 spiro atoms. The van der Waals surface area contributed by atoms with Gasteiger partial charge in [-0.05, 0) is 102 Å². The number of benzene rings is 7. The fraction of sp³-hybridized carbons (Fsp3) is 0.0435. The molecule has 7 aromatic carbocycles. The summed E-state index contributed by atoms with van der Waals surface area (Å²) < 4.78 is 2.30. The minimum Gasteiger partial charge on any atom is -0.316 e. The molecule has 0 bridgehead atoms. The SMILES string of the molecule is Cc1ccc(N(c2ccc(C)cc2)c2ccc(-c3cccc(-c4ccc(-n5cc(-c6ccccc6)c6ccccc65)cc4)c3)cc2)cc1. The first-order valence-corrected chi connectivity index (χ1v) is 16.5. The highest BCUT2D eigenvalue weighted by molar-refractivity contribution is 5.97. The lowest BCUT2D eigenvalue weighted by Gasteiger charge is -2.26. The van der Waals surface area contributed by atoms with Crippen LogP contribution in [0.4, 0.5) is 17.1 Å². The highest BCUT2D eigenvalue weighted by Crippen LogP contribution is 2.37. The molecule has 1 aromatic heterocycles. The third kappa shape index (κ3) is 5.70. The third-order valence-electron chi connectivity index (χ3n) is 9.18. The maximum atomic E-state index is 2.32. The molecular formula is C46H36N2. The zero-order valence-corrected chi connectivity index (χ0v) is 27.2. The van der Waals surface area contributed by atoms with Crippen LogP contribution in [0.15, 0.2) is 182 Å². The van der Waals surface area contributed by atoms with Crippen molar-refractivity contribution in [1.29, 1.82) is 0 Å². The van der Waals surface area contributed by atoms with Gasteiger partial charge in [-0.1, -0.05) is 126 Å². The van der Waals surface area contributed by atoms with Gasteiger partial charge in [0, 0.05) is 39.9 Å².